The maximum atomic E-state index is 5.97. The molecule has 21 heavy (non-hydrogen) atoms. The van der Waals surface area contributed by atoms with Crippen molar-refractivity contribution in [3.63, 3.8) is 0 Å². The normalized spacial score (nSPS) is 21.0. The van der Waals surface area contributed by atoms with Crippen LogP contribution in [0.5, 0.6) is 0 Å². The number of nitrogens with two attached hydrogens (primary N) is 1. The molecule has 3 rings (SSSR count). The van der Waals surface area contributed by atoms with Crippen molar-refractivity contribution in [1.82, 2.24) is 4.98 Å². The number of aromatic nitrogens is 1. The number of aryl methyl sites for hydroxylation is 2. The molecular formula is C16H23N3S2. The van der Waals surface area contributed by atoms with Gasteiger partial charge in [-0.2, -0.15) is 11.8 Å². The summed E-state index contributed by atoms with van der Waals surface area (Å²) in [5.74, 6) is 2.14. The summed E-state index contributed by atoms with van der Waals surface area (Å²) in [5.41, 5.74) is 9.53. The van der Waals surface area contributed by atoms with Gasteiger partial charge in [-0.25, -0.2) is 4.98 Å². The minimum Gasteiger partial charge on any atom is -0.389 e. The summed E-state index contributed by atoms with van der Waals surface area (Å²) in [6.45, 7) is 6.70. The molecule has 2 aliphatic rings. The molecule has 3 nitrogen and oxygen atoms in total. The molecule has 5 heteroatoms. The molecule has 1 aromatic heterocycles. The summed E-state index contributed by atoms with van der Waals surface area (Å²) in [5, 5.41) is 0. The molecule has 1 aliphatic carbocycles. The predicted octanol–water partition coefficient (Wildman–Crippen LogP) is 2.93. The first-order valence-corrected chi connectivity index (χ1v) is 9.07. The summed E-state index contributed by atoms with van der Waals surface area (Å²) >= 11 is 7.32. The fourth-order valence-corrected chi connectivity index (χ4v) is 4.37. The molecule has 0 radical (unpaired) electrons. The van der Waals surface area contributed by atoms with Gasteiger partial charge in [0.15, 0.2) is 0 Å². The van der Waals surface area contributed by atoms with Gasteiger partial charge in [0.1, 0.15) is 10.8 Å². The van der Waals surface area contributed by atoms with Gasteiger partial charge in [0.2, 0.25) is 0 Å². The van der Waals surface area contributed by atoms with Crippen LogP contribution in [0, 0.1) is 0 Å². The first-order chi connectivity index (χ1) is 9.96. The minimum absolute atomic E-state index is 0.342. The number of thioether (sulfide) groups is 1. The van der Waals surface area contributed by atoms with Crippen molar-refractivity contribution in [1.29, 1.82) is 0 Å². The molecule has 114 valence electrons. The average Bonchev–Trinajstić information content (AvgIpc) is 2.80. The van der Waals surface area contributed by atoms with Crippen LogP contribution in [0.3, 0.4) is 0 Å². The van der Waals surface area contributed by atoms with Gasteiger partial charge in [0.05, 0.1) is 5.56 Å². The summed E-state index contributed by atoms with van der Waals surface area (Å²) in [6.07, 6.45) is 4.56. The van der Waals surface area contributed by atoms with Crippen LogP contribution in [0.15, 0.2) is 6.07 Å². The van der Waals surface area contributed by atoms with Crippen LogP contribution in [0.4, 0.5) is 5.82 Å². The van der Waals surface area contributed by atoms with Crippen molar-refractivity contribution < 1.29 is 0 Å². The average molecular weight is 322 g/mol. The fraction of sp³-hybridized carbons (Fsp3) is 0.625. The quantitative estimate of drug-likeness (QED) is 0.848. The van der Waals surface area contributed by atoms with Crippen molar-refractivity contribution in [3.8, 4) is 0 Å². The highest BCUT2D eigenvalue weighted by atomic mass is 32.2. The highest BCUT2D eigenvalue weighted by Crippen LogP contribution is 2.34. The third-order valence-electron chi connectivity index (χ3n) is 4.43. The molecular weight excluding hydrogens is 298 g/mol. The Morgan fingerprint density at radius 3 is 2.95 bits per heavy atom. The van der Waals surface area contributed by atoms with Gasteiger partial charge in [-0.15, -0.1) is 0 Å². The summed E-state index contributed by atoms with van der Waals surface area (Å²) < 4.78 is 0.342. The first-order valence-electron chi connectivity index (χ1n) is 7.68. The van der Waals surface area contributed by atoms with Gasteiger partial charge in [-0.05, 0) is 37.3 Å². The van der Waals surface area contributed by atoms with Crippen molar-refractivity contribution in [2.24, 2.45) is 5.73 Å². The molecule has 2 N–H and O–H groups in total. The van der Waals surface area contributed by atoms with Crippen LogP contribution < -0.4 is 10.6 Å². The Labute approximate surface area is 136 Å². The minimum atomic E-state index is 0.342. The Bertz CT molecular complexity index is 569. The van der Waals surface area contributed by atoms with Gasteiger partial charge in [0, 0.05) is 29.3 Å². The van der Waals surface area contributed by atoms with Crippen LogP contribution in [-0.2, 0) is 12.8 Å². The van der Waals surface area contributed by atoms with E-state index in [1.807, 2.05) is 11.8 Å². The molecule has 0 aromatic carbocycles. The van der Waals surface area contributed by atoms with E-state index in [-0.39, 0.29) is 0 Å². The van der Waals surface area contributed by atoms with E-state index in [0.29, 0.717) is 9.74 Å². The Kier molecular flexibility index (Phi) is 4.14. The third kappa shape index (κ3) is 3.19. The van der Waals surface area contributed by atoms with Crippen LogP contribution in [0.2, 0.25) is 0 Å². The maximum absolute atomic E-state index is 5.97. The van der Waals surface area contributed by atoms with E-state index in [9.17, 15) is 0 Å². The van der Waals surface area contributed by atoms with E-state index in [4.69, 9.17) is 22.9 Å². The topological polar surface area (TPSA) is 42.2 Å². The highest BCUT2D eigenvalue weighted by molar-refractivity contribution is 8.00. The maximum Gasteiger partial charge on any atom is 0.139 e. The molecule has 0 atom stereocenters. The van der Waals surface area contributed by atoms with Crippen LogP contribution >= 0.6 is 24.0 Å². The number of pyridine rings is 1. The third-order valence-corrected chi connectivity index (χ3v) is 6.03. The van der Waals surface area contributed by atoms with Crippen LogP contribution in [0.1, 0.15) is 43.5 Å². The van der Waals surface area contributed by atoms with Gasteiger partial charge in [-0.1, -0.05) is 26.1 Å². The fourth-order valence-electron chi connectivity index (χ4n) is 3.12. The molecule has 2 heterocycles. The molecule has 0 spiro atoms. The van der Waals surface area contributed by atoms with Crippen molar-refractivity contribution in [2.75, 3.05) is 23.7 Å². The number of anilines is 1. The lowest BCUT2D eigenvalue weighted by atomic mass is 10.1. The number of fused-ring (bicyclic) bond motifs is 1. The van der Waals surface area contributed by atoms with E-state index in [1.54, 1.807) is 0 Å². The molecule has 1 fully saturated rings. The van der Waals surface area contributed by atoms with Crippen LogP contribution in [0.25, 0.3) is 0 Å². The zero-order valence-corrected chi connectivity index (χ0v) is 14.4. The smallest absolute Gasteiger partial charge is 0.139 e. The van der Waals surface area contributed by atoms with E-state index in [2.05, 4.69) is 24.8 Å². The number of hydrogen-bond acceptors (Lipinski definition) is 4. The second-order valence-corrected chi connectivity index (χ2v) is 8.77. The first kappa shape index (κ1) is 15.1. The number of nitrogens with zero attached hydrogens (tertiary/aromatic N) is 2. The van der Waals surface area contributed by atoms with E-state index >= 15 is 0 Å². The Balaban J connectivity index is 1.95. The lowest BCUT2D eigenvalue weighted by Gasteiger charge is -2.25. The Hall–Kier alpha value is -0.810. The van der Waals surface area contributed by atoms with Crippen molar-refractivity contribution in [2.45, 2.75) is 44.3 Å². The van der Waals surface area contributed by atoms with Gasteiger partial charge in [-0.3, -0.25) is 0 Å². The zero-order valence-electron chi connectivity index (χ0n) is 12.8. The highest BCUT2D eigenvalue weighted by Gasteiger charge is 2.27. The molecule has 1 saturated heterocycles. The summed E-state index contributed by atoms with van der Waals surface area (Å²) in [4.78, 5) is 7.80. The molecule has 0 bridgehead atoms. The zero-order chi connectivity index (χ0) is 15.0. The second kappa shape index (κ2) is 5.76. The van der Waals surface area contributed by atoms with Crippen molar-refractivity contribution >= 4 is 34.8 Å². The summed E-state index contributed by atoms with van der Waals surface area (Å²) in [7, 11) is 0. The second-order valence-electron chi connectivity index (χ2n) is 6.53. The molecule has 0 unspecified atom stereocenters. The SMILES string of the molecule is CC1(C)CCN(c2nc3c(cc2C(N)=S)CCC3)CCS1. The molecule has 1 aromatic rings. The molecule has 0 saturated carbocycles. The molecule has 1 aliphatic heterocycles. The number of thiocarbonyl (C=S) groups is 1. The lowest BCUT2D eigenvalue weighted by molar-refractivity contribution is 0.634. The van der Waals surface area contributed by atoms with Crippen molar-refractivity contribution in [3.05, 3.63) is 22.9 Å². The predicted molar refractivity (Wildman–Crippen MR) is 95.5 cm³/mol. The van der Waals surface area contributed by atoms with Crippen LogP contribution in [-0.4, -0.2) is 33.6 Å². The Morgan fingerprint density at radius 2 is 2.19 bits per heavy atom. The number of hydrogen-bond donors (Lipinski definition) is 1. The van der Waals surface area contributed by atoms with E-state index in [0.717, 1.165) is 49.5 Å². The lowest BCUT2D eigenvalue weighted by Crippen LogP contribution is -2.30. The number of rotatable bonds is 2. The van der Waals surface area contributed by atoms with Gasteiger partial charge < -0.3 is 10.6 Å². The Morgan fingerprint density at radius 1 is 1.38 bits per heavy atom. The van der Waals surface area contributed by atoms with E-state index in [1.165, 1.54) is 17.7 Å². The summed E-state index contributed by atoms with van der Waals surface area (Å²) in [6, 6.07) is 2.19. The molecule has 0 amide bonds. The van der Waals surface area contributed by atoms with E-state index < -0.39 is 0 Å². The monoisotopic (exact) mass is 321 g/mol. The largest absolute Gasteiger partial charge is 0.389 e. The standard InChI is InChI=1S/C16H23N3S2/c1-16(2)6-7-19(8-9-21-16)15-12(14(17)20)10-11-4-3-5-13(11)18-15/h10H,3-9H2,1-2H3,(H2,17,20). The van der Waals surface area contributed by atoms with Gasteiger partial charge in [0.25, 0.3) is 0 Å². The van der Waals surface area contributed by atoms with Gasteiger partial charge >= 0.3 is 0 Å².